The molecular weight excluding hydrogens is 331 g/mol. The predicted molar refractivity (Wildman–Crippen MR) is 88.1 cm³/mol. The quantitative estimate of drug-likeness (QED) is 0.783. The molecule has 0 saturated carbocycles. The van der Waals surface area contributed by atoms with Crippen molar-refractivity contribution in [3.63, 3.8) is 0 Å². The number of hydrogen-bond acceptors (Lipinski definition) is 3. The summed E-state index contributed by atoms with van der Waals surface area (Å²) in [6.45, 7) is 0.717. The van der Waals surface area contributed by atoms with E-state index in [1.165, 1.54) is 13.2 Å². The third-order valence-electron chi connectivity index (χ3n) is 4.40. The molecule has 3 rings (SSSR count). The van der Waals surface area contributed by atoms with E-state index in [0.717, 1.165) is 23.4 Å². The number of ether oxygens (including phenoxy) is 1. The van der Waals surface area contributed by atoms with Crippen molar-refractivity contribution >= 4 is 11.7 Å². The van der Waals surface area contributed by atoms with Gasteiger partial charge in [0.1, 0.15) is 0 Å². The maximum Gasteiger partial charge on any atom is 0.416 e. The first-order chi connectivity index (χ1) is 11.9. The number of fused-ring (bicyclic) bond motifs is 1. The number of alkyl halides is 3. The molecule has 1 aliphatic rings. The zero-order chi connectivity index (χ0) is 18.0. The van der Waals surface area contributed by atoms with Crippen molar-refractivity contribution < 1.29 is 22.7 Å². The Labute approximate surface area is 144 Å². The second-order valence-electron chi connectivity index (χ2n) is 6.13. The lowest BCUT2D eigenvalue weighted by Crippen LogP contribution is -2.39. The maximum atomic E-state index is 12.9. The Morgan fingerprint density at radius 2 is 1.96 bits per heavy atom. The molecule has 1 aliphatic heterocycles. The number of para-hydroxylation sites is 1. The van der Waals surface area contributed by atoms with Crippen molar-refractivity contribution in [1.82, 2.24) is 0 Å². The molecule has 2 aromatic rings. The fraction of sp³-hybridized carbons (Fsp3) is 0.316. The Kier molecular flexibility index (Phi) is 4.70. The van der Waals surface area contributed by atoms with Gasteiger partial charge in [-0.3, -0.25) is 4.79 Å². The Balaban J connectivity index is 1.89. The minimum atomic E-state index is -4.37. The number of hydrogen-bond donors (Lipinski definition) is 0. The zero-order valence-corrected chi connectivity index (χ0v) is 13.7. The average molecular weight is 349 g/mol. The van der Waals surface area contributed by atoms with Gasteiger partial charge in [0.25, 0.3) is 0 Å². The van der Waals surface area contributed by atoms with Gasteiger partial charge in [-0.1, -0.05) is 30.3 Å². The second-order valence-corrected chi connectivity index (χ2v) is 6.13. The van der Waals surface area contributed by atoms with Gasteiger partial charge in [-0.2, -0.15) is 13.2 Å². The molecule has 0 fully saturated rings. The number of anilines is 1. The van der Waals surface area contributed by atoms with Crippen LogP contribution in [0.2, 0.25) is 0 Å². The normalized spacial score (nSPS) is 17.1. The van der Waals surface area contributed by atoms with Crippen molar-refractivity contribution in [3.05, 3.63) is 65.2 Å². The smallest absolute Gasteiger partial charge is 0.416 e. The molecule has 25 heavy (non-hydrogen) atoms. The van der Waals surface area contributed by atoms with Crippen molar-refractivity contribution in [2.24, 2.45) is 5.92 Å². The van der Waals surface area contributed by atoms with Crippen molar-refractivity contribution in [2.75, 3.05) is 18.6 Å². The van der Waals surface area contributed by atoms with E-state index in [9.17, 15) is 18.0 Å². The molecule has 1 heterocycles. The van der Waals surface area contributed by atoms with Crippen LogP contribution in [-0.4, -0.2) is 19.6 Å². The van der Waals surface area contributed by atoms with E-state index >= 15 is 0 Å². The predicted octanol–water partition coefficient (Wildman–Crippen LogP) is 4.06. The first kappa shape index (κ1) is 17.3. The third-order valence-corrected chi connectivity index (χ3v) is 4.40. The number of carbonyl (C=O) groups is 1. The molecule has 6 heteroatoms. The fourth-order valence-corrected chi connectivity index (χ4v) is 3.23. The molecule has 0 N–H and O–H groups in total. The van der Waals surface area contributed by atoms with Crippen molar-refractivity contribution in [3.8, 4) is 0 Å². The Morgan fingerprint density at radius 3 is 2.68 bits per heavy atom. The van der Waals surface area contributed by atoms with Crippen LogP contribution in [-0.2, 0) is 28.7 Å². The SMILES string of the molecule is COC(=O)C1Cc2ccccc2N(Cc2cccc(C(F)(F)F)c2)C1. The minimum absolute atomic E-state index is 0.300. The van der Waals surface area contributed by atoms with E-state index < -0.39 is 11.7 Å². The summed E-state index contributed by atoms with van der Waals surface area (Å²) in [4.78, 5) is 13.9. The molecular formula is C19H18F3NO2. The number of rotatable bonds is 3. The summed E-state index contributed by atoms with van der Waals surface area (Å²) in [5, 5.41) is 0. The van der Waals surface area contributed by atoms with Crippen LogP contribution in [0.1, 0.15) is 16.7 Å². The van der Waals surface area contributed by atoms with Crippen LogP contribution in [0.5, 0.6) is 0 Å². The van der Waals surface area contributed by atoms with Crippen LogP contribution >= 0.6 is 0 Å². The lowest BCUT2D eigenvalue weighted by molar-refractivity contribution is -0.145. The van der Waals surface area contributed by atoms with Gasteiger partial charge in [0.15, 0.2) is 0 Å². The van der Waals surface area contributed by atoms with E-state index in [0.29, 0.717) is 25.1 Å². The van der Waals surface area contributed by atoms with Gasteiger partial charge >= 0.3 is 12.1 Å². The number of nitrogens with zero attached hydrogens (tertiary/aromatic N) is 1. The number of methoxy groups -OCH3 is 1. The summed E-state index contributed by atoms with van der Waals surface area (Å²) in [5.74, 6) is -0.630. The average Bonchev–Trinajstić information content (AvgIpc) is 2.60. The van der Waals surface area contributed by atoms with Crippen LogP contribution < -0.4 is 4.90 Å². The second kappa shape index (κ2) is 6.78. The Hall–Kier alpha value is -2.50. The highest BCUT2D eigenvalue weighted by Crippen LogP contribution is 2.33. The highest BCUT2D eigenvalue weighted by Gasteiger charge is 2.32. The van der Waals surface area contributed by atoms with Crippen molar-refractivity contribution in [1.29, 1.82) is 0 Å². The highest BCUT2D eigenvalue weighted by molar-refractivity contribution is 5.75. The van der Waals surface area contributed by atoms with Gasteiger partial charge in [-0.25, -0.2) is 0 Å². The fourth-order valence-electron chi connectivity index (χ4n) is 3.23. The van der Waals surface area contributed by atoms with Gasteiger partial charge in [-0.15, -0.1) is 0 Å². The van der Waals surface area contributed by atoms with Gasteiger partial charge in [0, 0.05) is 18.8 Å². The van der Waals surface area contributed by atoms with Crippen LogP contribution in [0.15, 0.2) is 48.5 Å². The van der Waals surface area contributed by atoms with Crippen LogP contribution in [0.3, 0.4) is 0 Å². The molecule has 1 unspecified atom stereocenters. The standard InChI is InChI=1S/C19H18F3NO2/c1-25-18(24)15-10-14-6-2-3-8-17(14)23(12-15)11-13-5-4-7-16(9-13)19(20,21)22/h2-9,15H,10-12H2,1H3. The molecule has 2 aromatic carbocycles. The molecule has 0 radical (unpaired) electrons. The van der Waals surface area contributed by atoms with E-state index in [-0.39, 0.29) is 11.9 Å². The maximum absolute atomic E-state index is 12.9. The summed E-state index contributed by atoms with van der Waals surface area (Å²) in [6, 6.07) is 12.9. The molecule has 0 spiro atoms. The third kappa shape index (κ3) is 3.78. The Morgan fingerprint density at radius 1 is 1.20 bits per heavy atom. The number of halogens is 3. The highest BCUT2D eigenvalue weighted by atomic mass is 19.4. The first-order valence-electron chi connectivity index (χ1n) is 7.95. The topological polar surface area (TPSA) is 29.5 Å². The molecule has 3 nitrogen and oxygen atoms in total. The van der Waals surface area contributed by atoms with Crippen LogP contribution in [0.25, 0.3) is 0 Å². The monoisotopic (exact) mass is 349 g/mol. The summed E-state index contributed by atoms with van der Waals surface area (Å²) in [7, 11) is 1.35. The number of benzene rings is 2. The van der Waals surface area contributed by atoms with E-state index in [1.807, 2.05) is 29.2 Å². The molecule has 132 valence electrons. The molecule has 0 amide bonds. The number of esters is 1. The summed E-state index contributed by atoms with van der Waals surface area (Å²) in [5.41, 5.74) is 1.83. The van der Waals surface area contributed by atoms with Gasteiger partial charge < -0.3 is 9.64 Å². The molecule has 0 saturated heterocycles. The van der Waals surface area contributed by atoms with Crippen molar-refractivity contribution in [2.45, 2.75) is 19.1 Å². The number of carbonyl (C=O) groups excluding carboxylic acids is 1. The summed E-state index contributed by atoms with van der Waals surface area (Å²) in [6.07, 6.45) is -3.80. The summed E-state index contributed by atoms with van der Waals surface area (Å²) < 4.78 is 43.6. The van der Waals surface area contributed by atoms with E-state index in [4.69, 9.17) is 4.74 Å². The Bertz CT molecular complexity index is 773. The molecule has 0 aromatic heterocycles. The van der Waals surface area contributed by atoms with E-state index in [2.05, 4.69) is 0 Å². The van der Waals surface area contributed by atoms with Gasteiger partial charge in [0.05, 0.1) is 18.6 Å². The molecule has 1 atom stereocenters. The molecule has 0 aliphatic carbocycles. The van der Waals surface area contributed by atoms with Crippen LogP contribution in [0, 0.1) is 5.92 Å². The largest absolute Gasteiger partial charge is 0.469 e. The molecule has 0 bridgehead atoms. The van der Waals surface area contributed by atoms with E-state index in [1.54, 1.807) is 6.07 Å². The van der Waals surface area contributed by atoms with Crippen LogP contribution in [0.4, 0.5) is 18.9 Å². The lowest BCUT2D eigenvalue weighted by atomic mass is 9.92. The van der Waals surface area contributed by atoms with Gasteiger partial charge in [0.2, 0.25) is 0 Å². The zero-order valence-electron chi connectivity index (χ0n) is 13.7. The summed E-state index contributed by atoms with van der Waals surface area (Å²) >= 11 is 0. The van der Waals surface area contributed by atoms with Gasteiger partial charge in [-0.05, 0) is 35.7 Å². The first-order valence-corrected chi connectivity index (χ1v) is 7.95. The minimum Gasteiger partial charge on any atom is -0.469 e. The lowest BCUT2D eigenvalue weighted by Gasteiger charge is -2.35.